The Morgan fingerprint density at radius 3 is 2.45 bits per heavy atom. The van der Waals surface area contributed by atoms with Crippen molar-refractivity contribution in [3.8, 4) is 11.5 Å². The van der Waals surface area contributed by atoms with Crippen molar-refractivity contribution < 1.29 is 24.9 Å². The topological polar surface area (TPSA) is 133 Å². The van der Waals surface area contributed by atoms with Crippen molar-refractivity contribution in [2.24, 2.45) is 5.73 Å². The van der Waals surface area contributed by atoms with Crippen LogP contribution in [0.25, 0.3) is 0 Å². The fourth-order valence-corrected chi connectivity index (χ4v) is 1.60. The van der Waals surface area contributed by atoms with Crippen LogP contribution in [-0.2, 0) is 16.0 Å². The largest absolute Gasteiger partial charge is 0.504 e. The van der Waals surface area contributed by atoms with E-state index < -0.39 is 24.0 Å². The predicted molar refractivity (Wildman–Crippen MR) is 71.3 cm³/mol. The molecule has 1 aromatic carbocycles. The van der Waals surface area contributed by atoms with Gasteiger partial charge in [0.05, 0.1) is 6.04 Å². The van der Waals surface area contributed by atoms with Crippen LogP contribution in [0.3, 0.4) is 0 Å². The van der Waals surface area contributed by atoms with Crippen LogP contribution < -0.4 is 11.1 Å². The number of aromatic hydroxyl groups is 2. The van der Waals surface area contributed by atoms with Gasteiger partial charge in [0.25, 0.3) is 0 Å². The predicted octanol–water partition coefficient (Wildman–Crippen LogP) is -0.0530. The van der Waals surface area contributed by atoms with Crippen LogP contribution in [0.1, 0.15) is 18.9 Å². The molecule has 0 heterocycles. The van der Waals surface area contributed by atoms with Gasteiger partial charge in [0.1, 0.15) is 6.04 Å². The summed E-state index contributed by atoms with van der Waals surface area (Å²) in [5.74, 6) is -2.38. The summed E-state index contributed by atoms with van der Waals surface area (Å²) in [5.41, 5.74) is 5.99. The molecule has 0 aliphatic rings. The smallest absolute Gasteiger partial charge is 0.326 e. The average molecular weight is 282 g/mol. The number of carbonyl (C=O) groups excluding carboxylic acids is 1. The molecule has 0 aliphatic heterocycles. The van der Waals surface area contributed by atoms with Crippen LogP contribution in [0.4, 0.5) is 0 Å². The van der Waals surface area contributed by atoms with Crippen molar-refractivity contribution in [2.75, 3.05) is 0 Å². The molecular formula is C13H18N2O5. The number of carboxylic acid groups (broad SMARTS) is 1. The van der Waals surface area contributed by atoms with Gasteiger partial charge in [0.2, 0.25) is 5.91 Å². The third-order valence-electron chi connectivity index (χ3n) is 2.87. The lowest BCUT2D eigenvalue weighted by atomic mass is 10.0. The number of hydrogen-bond acceptors (Lipinski definition) is 5. The van der Waals surface area contributed by atoms with Gasteiger partial charge in [-0.2, -0.15) is 0 Å². The molecule has 0 aliphatic carbocycles. The molecule has 2 atom stereocenters. The zero-order valence-corrected chi connectivity index (χ0v) is 11.0. The average Bonchev–Trinajstić information content (AvgIpc) is 2.40. The Balaban J connectivity index is 2.79. The van der Waals surface area contributed by atoms with E-state index in [4.69, 9.17) is 10.8 Å². The van der Waals surface area contributed by atoms with Gasteiger partial charge in [0.15, 0.2) is 11.5 Å². The maximum absolute atomic E-state index is 11.6. The Hall–Kier alpha value is -2.28. The summed E-state index contributed by atoms with van der Waals surface area (Å²) >= 11 is 0. The Morgan fingerprint density at radius 2 is 1.95 bits per heavy atom. The number of phenols is 2. The molecule has 7 nitrogen and oxygen atoms in total. The molecule has 7 heteroatoms. The van der Waals surface area contributed by atoms with Gasteiger partial charge < -0.3 is 26.4 Å². The maximum Gasteiger partial charge on any atom is 0.326 e. The summed E-state index contributed by atoms with van der Waals surface area (Å²) in [6.07, 6.45) is 0.378. The van der Waals surface area contributed by atoms with E-state index >= 15 is 0 Å². The molecule has 6 N–H and O–H groups in total. The van der Waals surface area contributed by atoms with Crippen LogP contribution in [-0.4, -0.2) is 39.3 Å². The van der Waals surface area contributed by atoms with Crippen molar-refractivity contribution in [1.82, 2.24) is 5.32 Å². The molecular weight excluding hydrogens is 264 g/mol. The highest BCUT2D eigenvalue weighted by molar-refractivity contribution is 5.86. The summed E-state index contributed by atoms with van der Waals surface area (Å²) in [7, 11) is 0. The molecule has 0 fully saturated rings. The number of hydrogen-bond donors (Lipinski definition) is 5. The molecule has 0 radical (unpaired) electrons. The molecule has 1 amide bonds. The monoisotopic (exact) mass is 282 g/mol. The van der Waals surface area contributed by atoms with Crippen LogP contribution >= 0.6 is 0 Å². The molecule has 1 aromatic rings. The Morgan fingerprint density at radius 1 is 1.30 bits per heavy atom. The van der Waals surface area contributed by atoms with E-state index in [1.54, 1.807) is 6.92 Å². The Labute approximate surface area is 116 Å². The van der Waals surface area contributed by atoms with Crippen molar-refractivity contribution in [3.05, 3.63) is 23.8 Å². The van der Waals surface area contributed by atoms with Crippen LogP contribution in [0.5, 0.6) is 11.5 Å². The number of carbonyl (C=O) groups is 2. The Kier molecular flexibility index (Phi) is 5.33. The van der Waals surface area contributed by atoms with E-state index in [1.165, 1.54) is 18.2 Å². The Bertz CT molecular complexity index is 504. The van der Waals surface area contributed by atoms with E-state index in [2.05, 4.69) is 5.32 Å². The van der Waals surface area contributed by atoms with Crippen LogP contribution in [0.2, 0.25) is 0 Å². The number of amides is 1. The van der Waals surface area contributed by atoms with Gasteiger partial charge in [-0.1, -0.05) is 13.0 Å². The minimum absolute atomic E-state index is 0.0225. The summed E-state index contributed by atoms with van der Waals surface area (Å²) in [6, 6.07) is 2.06. The molecule has 0 saturated carbocycles. The molecule has 110 valence electrons. The van der Waals surface area contributed by atoms with Crippen molar-refractivity contribution in [3.63, 3.8) is 0 Å². The van der Waals surface area contributed by atoms with E-state index in [1.807, 2.05) is 0 Å². The van der Waals surface area contributed by atoms with E-state index in [0.717, 1.165) is 0 Å². The molecule has 0 spiro atoms. The van der Waals surface area contributed by atoms with Crippen molar-refractivity contribution in [1.29, 1.82) is 0 Å². The third kappa shape index (κ3) is 4.13. The maximum atomic E-state index is 11.6. The van der Waals surface area contributed by atoms with E-state index in [0.29, 0.717) is 12.0 Å². The lowest BCUT2D eigenvalue weighted by Gasteiger charge is -2.17. The van der Waals surface area contributed by atoms with Crippen LogP contribution in [0.15, 0.2) is 18.2 Å². The number of phenolic OH excluding ortho intramolecular Hbond substituents is 2. The minimum Gasteiger partial charge on any atom is -0.504 e. The molecule has 0 aromatic heterocycles. The zero-order chi connectivity index (χ0) is 15.3. The van der Waals surface area contributed by atoms with Gasteiger partial charge >= 0.3 is 5.97 Å². The number of nitrogens with two attached hydrogens (primary N) is 1. The minimum atomic E-state index is -1.20. The first-order chi connectivity index (χ1) is 9.35. The van der Waals surface area contributed by atoms with Gasteiger partial charge in [-0.05, 0) is 24.1 Å². The lowest BCUT2D eigenvalue weighted by molar-refractivity contribution is -0.142. The summed E-state index contributed by atoms with van der Waals surface area (Å²) < 4.78 is 0. The van der Waals surface area contributed by atoms with Gasteiger partial charge in [-0.15, -0.1) is 0 Å². The number of nitrogens with one attached hydrogen (secondary N) is 1. The van der Waals surface area contributed by atoms with Crippen molar-refractivity contribution in [2.45, 2.75) is 31.8 Å². The van der Waals surface area contributed by atoms with E-state index in [-0.39, 0.29) is 17.9 Å². The first-order valence-electron chi connectivity index (χ1n) is 6.14. The second kappa shape index (κ2) is 6.76. The SMILES string of the molecule is CC[C@H](N)C(=O)NC(Cc1ccc(O)c(O)c1)C(=O)O. The number of carboxylic acids is 1. The summed E-state index contributed by atoms with van der Waals surface area (Å²) in [4.78, 5) is 22.7. The number of rotatable bonds is 6. The highest BCUT2D eigenvalue weighted by Gasteiger charge is 2.23. The first kappa shape index (κ1) is 15.8. The molecule has 20 heavy (non-hydrogen) atoms. The lowest BCUT2D eigenvalue weighted by Crippen LogP contribution is -2.49. The fourth-order valence-electron chi connectivity index (χ4n) is 1.60. The fraction of sp³-hybridized carbons (Fsp3) is 0.385. The zero-order valence-electron chi connectivity index (χ0n) is 11.0. The second-order valence-corrected chi connectivity index (χ2v) is 4.44. The quantitative estimate of drug-likeness (QED) is 0.464. The first-order valence-corrected chi connectivity index (χ1v) is 6.14. The number of benzene rings is 1. The van der Waals surface area contributed by atoms with Gasteiger partial charge in [-0.3, -0.25) is 4.79 Å². The normalized spacial score (nSPS) is 13.5. The molecule has 1 unspecified atom stereocenters. The molecule has 0 bridgehead atoms. The summed E-state index contributed by atoms with van der Waals surface area (Å²) in [5, 5.41) is 30.0. The van der Waals surface area contributed by atoms with E-state index in [9.17, 15) is 19.8 Å². The standard InChI is InChI=1S/C13H18N2O5/c1-2-8(14)12(18)15-9(13(19)20)5-7-3-4-10(16)11(17)6-7/h3-4,6,8-9,16-17H,2,5,14H2,1H3,(H,15,18)(H,19,20)/t8-,9?/m0/s1. The second-order valence-electron chi connectivity index (χ2n) is 4.44. The van der Waals surface area contributed by atoms with Crippen LogP contribution in [0, 0.1) is 0 Å². The summed E-state index contributed by atoms with van der Waals surface area (Å²) in [6.45, 7) is 1.72. The van der Waals surface area contributed by atoms with Gasteiger partial charge in [-0.25, -0.2) is 4.79 Å². The highest BCUT2D eigenvalue weighted by Crippen LogP contribution is 2.25. The van der Waals surface area contributed by atoms with Gasteiger partial charge in [0, 0.05) is 6.42 Å². The van der Waals surface area contributed by atoms with Crippen molar-refractivity contribution >= 4 is 11.9 Å². The molecule has 1 rings (SSSR count). The third-order valence-corrected chi connectivity index (χ3v) is 2.87. The molecule has 0 saturated heterocycles. The highest BCUT2D eigenvalue weighted by atomic mass is 16.4. The number of aliphatic carboxylic acids is 1.